The summed E-state index contributed by atoms with van der Waals surface area (Å²) < 4.78 is 31.8. The van der Waals surface area contributed by atoms with Crippen LogP contribution in [0.2, 0.25) is 0 Å². The van der Waals surface area contributed by atoms with Crippen molar-refractivity contribution in [2.75, 3.05) is 13.2 Å². The number of hydrogen-bond acceptors (Lipinski definition) is 5. The molecule has 2 N–H and O–H groups in total. The van der Waals surface area contributed by atoms with Crippen LogP contribution in [0.5, 0.6) is 0 Å². The molecule has 2 aromatic carbocycles. The van der Waals surface area contributed by atoms with Gasteiger partial charge < -0.3 is 10.1 Å². The van der Waals surface area contributed by atoms with E-state index in [0.29, 0.717) is 0 Å². The molecule has 1 aliphatic carbocycles. The first-order valence-corrected chi connectivity index (χ1v) is 11.3. The SMILES string of the molecule is Cc1ccc(S(=O)(=O)NCC(=O)OCC(=O)NC2CCCc3ccccc32)cc1C. The summed E-state index contributed by atoms with van der Waals surface area (Å²) in [5.74, 6) is -1.23. The van der Waals surface area contributed by atoms with Crippen LogP contribution in [0.1, 0.15) is 41.1 Å². The summed E-state index contributed by atoms with van der Waals surface area (Å²) in [6.45, 7) is 2.69. The van der Waals surface area contributed by atoms with Crippen molar-refractivity contribution in [1.29, 1.82) is 0 Å². The normalized spacial score (nSPS) is 15.9. The van der Waals surface area contributed by atoms with E-state index in [1.54, 1.807) is 12.1 Å². The number of amides is 1. The second-order valence-electron chi connectivity index (χ2n) is 7.44. The molecule has 1 aliphatic rings. The monoisotopic (exact) mass is 430 g/mol. The number of rotatable bonds is 7. The lowest BCUT2D eigenvalue weighted by Gasteiger charge is -2.26. The Balaban J connectivity index is 1.48. The van der Waals surface area contributed by atoms with Crippen LogP contribution in [-0.4, -0.2) is 33.4 Å². The molecule has 1 unspecified atom stereocenters. The zero-order valence-electron chi connectivity index (χ0n) is 17.1. The van der Waals surface area contributed by atoms with Crippen molar-refractivity contribution in [3.63, 3.8) is 0 Å². The number of hydrogen-bond donors (Lipinski definition) is 2. The van der Waals surface area contributed by atoms with Crippen LogP contribution < -0.4 is 10.0 Å². The van der Waals surface area contributed by atoms with Crippen LogP contribution in [0.25, 0.3) is 0 Å². The molecule has 0 bridgehead atoms. The summed E-state index contributed by atoms with van der Waals surface area (Å²) >= 11 is 0. The zero-order chi connectivity index (χ0) is 21.7. The van der Waals surface area contributed by atoms with E-state index in [1.165, 1.54) is 11.6 Å². The van der Waals surface area contributed by atoms with E-state index in [2.05, 4.69) is 16.1 Å². The lowest BCUT2D eigenvalue weighted by atomic mass is 9.88. The molecule has 0 aliphatic heterocycles. The first kappa shape index (κ1) is 22.0. The van der Waals surface area contributed by atoms with Gasteiger partial charge in [0.2, 0.25) is 10.0 Å². The van der Waals surface area contributed by atoms with Gasteiger partial charge in [0.1, 0.15) is 6.54 Å². The molecule has 8 heteroatoms. The van der Waals surface area contributed by atoms with Crippen LogP contribution in [0.4, 0.5) is 0 Å². The largest absolute Gasteiger partial charge is 0.455 e. The van der Waals surface area contributed by atoms with Crippen molar-refractivity contribution in [2.45, 2.75) is 44.0 Å². The first-order valence-electron chi connectivity index (χ1n) is 9.86. The van der Waals surface area contributed by atoms with Crippen molar-refractivity contribution in [3.8, 4) is 0 Å². The van der Waals surface area contributed by atoms with E-state index in [9.17, 15) is 18.0 Å². The standard InChI is InChI=1S/C22H26N2O5S/c1-15-10-11-18(12-16(15)2)30(27,28)23-13-22(26)29-14-21(25)24-20-9-5-7-17-6-3-4-8-19(17)20/h3-4,6,8,10-12,20,23H,5,7,9,13-14H2,1-2H3,(H,24,25). The fraction of sp³-hybridized carbons (Fsp3) is 0.364. The Morgan fingerprint density at radius 1 is 1.10 bits per heavy atom. The minimum absolute atomic E-state index is 0.0760. The molecule has 30 heavy (non-hydrogen) atoms. The van der Waals surface area contributed by atoms with Gasteiger partial charge in [0.25, 0.3) is 5.91 Å². The number of esters is 1. The molecule has 160 valence electrons. The number of nitrogens with one attached hydrogen (secondary N) is 2. The third-order valence-electron chi connectivity index (χ3n) is 5.26. The number of benzene rings is 2. The zero-order valence-corrected chi connectivity index (χ0v) is 17.9. The minimum Gasteiger partial charge on any atom is -0.455 e. The molecule has 0 spiro atoms. The summed E-state index contributed by atoms with van der Waals surface area (Å²) in [4.78, 5) is 24.2. The molecule has 0 aromatic heterocycles. The van der Waals surface area contributed by atoms with Crippen LogP contribution >= 0.6 is 0 Å². The summed E-state index contributed by atoms with van der Waals surface area (Å²) in [7, 11) is -3.84. The van der Waals surface area contributed by atoms with E-state index < -0.39 is 35.1 Å². The van der Waals surface area contributed by atoms with Crippen molar-refractivity contribution in [1.82, 2.24) is 10.0 Å². The Morgan fingerprint density at radius 2 is 1.87 bits per heavy atom. The van der Waals surface area contributed by atoms with Gasteiger partial charge in [0.15, 0.2) is 6.61 Å². The summed E-state index contributed by atoms with van der Waals surface area (Å²) in [6.07, 6.45) is 2.78. The Kier molecular flexibility index (Phi) is 6.89. The number of aryl methyl sites for hydroxylation is 3. The highest BCUT2D eigenvalue weighted by atomic mass is 32.2. The maximum atomic E-state index is 12.3. The maximum absolute atomic E-state index is 12.3. The molecule has 0 saturated heterocycles. The Bertz CT molecular complexity index is 1050. The molecule has 0 radical (unpaired) electrons. The van der Waals surface area contributed by atoms with Gasteiger partial charge in [0.05, 0.1) is 10.9 Å². The van der Waals surface area contributed by atoms with Crippen LogP contribution in [0.15, 0.2) is 47.4 Å². The maximum Gasteiger partial charge on any atom is 0.321 e. The smallest absolute Gasteiger partial charge is 0.321 e. The topological polar surface area (TPSA) is 102 Å². The van der Waals surface area contributed by atoms with Gasteiger partial charge in [-0.05, 0) is 67.5 Å². The van der Waals surface area contributed by atoms with Crippen molar-refractivity contribution >= 4 is 21.9 Å². The predicted molar refractivity (Wildman–Crippen MR) is 112 cm³/mol. The Morgan fingerprint density at radius 3 is 2.63 bits per heavy atom. The lowest BCUT2D eigenvalue weighted by molar-refractivity contribution is -0.147. The van der Waals surface area contributed by atoms with Gasteiger partial charge in [-0.15, -0.1) is 0 Å². The average Bonchev–Trinajstić information content (AvgIpc) is 2.73. The number of carbonyl (C=O) groups excluding carboxylic acids is 2. The highest BCUT2D eigenvalue weighted by Crippen LogP contribution is 2.29. The minimum atomic E-state index is -3.84. The van der Waals surface area contributed by atoms with E-state index in [0.717, 1.165) is 36.0 Å². The highest BCUT2D eigenvalue weighted by Gasteiger charge is 2.22. The van der Waals surface area contributed by atoms with Crippen molar-refractivity contribution < 1.29 is 22.7 Å². The quantitative estimate of drug-likeness (QED) is 0.657. The molecular weight excluding hydrogens is 404 g/mol. The van der Waals surface area contributed by atoms with Gasteiger partial charge >= 0.3 is 5.97 Å². The summed E-state index contributed by atoms with van der Waals surface area (Å²) in [6, 6.07) is 12.6. The number of ether oxygens (including phenoxy) is 1. The number of sulfonamides is 1. The van der Waals surface area contributed by atoms with Gasteiger partial charge in [-0.2, -0.15) is 4.72 Å². The predicted octanol–water partition coefficient (Wildman–Crippen LogP) is 2.32. The van der Waals surface area contributed by atoms with Gasteiger partial charge in [0, 0.05) is 0 Å². The van der Waals surface area contributed by atoms with Gasteiger partial charge in [-0.1, -0.05) is 30.3 Å². The summed E-state index contributed by atoms with van der Waals surface area (Å²) in [5, 5.41) is 2.89. The molecule has 1 atom stereocenters. The molecule has 7 nitrogen and oxygen atoms in total. The third kappa shape index (κ3) is 5.46. The van der Waals surface area contributed by atoms with Crippen LogP contribution in [0, 0.1) is 13.8 Å². The second kappa shape index (κ2) is 9.40. The van der Waals surface area contributed by atoms with E-state index in [1.807, 2.05) is 32.0 Å². The Labute approximate surface area is 176 Å². The van der Waals surface area contributed by atoms with Gasteiger partial charge in [-0.25, -0.2) is 8.42 Å². The van der Waals surface area contributed by atoms with Crippen molar-refractivity contribution in [2.24, 2.45) is 0 Å². The molecule has 0 heterocycles. The molecular formula is C22H26N2O5S. The number of carbonyl (C=O) groups is 2. The molecule has 2 aromatic rings. The fourth-order valence-electron chi connectivity index (χ4n) is 3.46. The lowest BCUT2D eigenvalue weighted by Crippen LogP contribution is -2.36. The fourth-order valence-corrected chi connectivity index (χ4v) is 4.51. The number of fused-ring (bicyclic) bond motifs is 1. The van der Waals surface area contributed by atoms with Crippen LogP contribution in [-0.2, 0) is 30.8 Å². The molecule has 0 saturated carbocycles. The summed E-state index contributed by atoms with van der Waals surface area (Å²) in [5.41, 5.74) is 4.11. The molecule has 3 rings (SSSR count). The van der Waals surface area contributed by atoms with E-state index in [-0.39, 0.29) is 10.9 Å². The van der Waals surface area contributed by atoms with Gasteiger partial charge in [-0.3, -0.25) is 9.59 Å². The molecule has 1 amide bonds. The Hall–Kier alpha value is -2.71. The van der Waals surface area contributed by atoms with E-state index in [4.69, 9.17) is 4.74 Å². The van der Waals surface area contributed by atoms with Crippen molar-refractivity contribution in [3.05, 3.63) is 64.7 Å². The average molecular weight is 431 g/mol. The second-order valence-corrected chi connectivity index (χ2v) is 9.21. The third-order valence-corrected chi connectivity index (χ3v) is 6.66. The first-order chi connectivity index (χ1) is 14.3. The molecule has 0 fully saturated rings. The highest BCUT2D eigenvalue weighted by molar-refractivity contribution is 7.89. The van der Waals surface area contributed by atoms with E-state index >= 15 is 0 Å². The van der Waals surface area contributed by atoms with Crippen LogP contribution in [0.3, 0.4) is 0 Å².